The average Bonchev–Trinajstić information content (AvgIpc) is 3.17. The van der Waals surface area contributed by atoms with Crippen LogP contribution in [-0.2, 0) is 33.5 Å². The molecular formula is C24H27N5O3S. The van der Waals surface area contributed by atoms with E-state index < -0.39 is 10.0 Å². The van der Waals surface area contributed by atoms with Crippen LogP contribution in [0.5, 0.6) is 0 Å². The molecular weight excluding hydrogens is 438 g/mol. The zero-order valence-electron chi connectivity index (χ0n) is 18.9. The number of aryl methyl sites for hydroxylation is 2. The van der Waals surface area contributed by atoms with Crippen LogP contribution in [0, 0.1) is 13.8 Å². The van der Waals surface area contributed by atoms with Gasteiger partial charge in [0, 0.05) is 29.7 Å². The second-order valence-electron chi connectivity index (χ2n) is 8.07. The fourth-order valence-corrected chi connectivity index (χ4v) is 4.69. The zero-order chi connectivity index (χ0) is 23.6. The number of hydrogen-bond donors (Lipinski definition) is 2. The summed E-state index contributed by atoms with van der Waals surface area (Å²) in [6.07, 6.45) is 0.914. The number of nitrogens with zero attached hydrogens (tertiary/aromatic N) is 3. The molecule has 1 amide bonds. The number of nitrogens with one attached hydrogen (secondary N) is 2. The molecule has 2 aromatic heterocycles. The summed E-state index contributed by atoms with van der Waals surface area (Å²) in [7, 11) is -1.91. The Kier molecular flexibility index (Phi) is 6.44. The molecule has 9 heteroatoms. The number of sulfonamides is 1. The lowest BCUT2D eigenvalue weighted by molar-refractivity contribution is -0.121. The van der Waals surface area contributed by atoms with Crippen molar-refractivity contribution in [2.45, 2.75) is 39.0 Å². The Morgan fingerprint density at radius 1 is 1.03 bits per heavy atom. The van der Waals surface area contributed by atoms with E-state index in [0.29, 0.717) is 24.9 Å². The molecule has 0 bridgehead atoms. The van der Waals surface area contributed by atoms with Gasteiger partial charge in [-0.05, 0) is 56.1 Å². The molecule has 4 aromatic rings. The maximum atomic E-state index is 12.5. The van der Waals surface area contributed by atoms with Gasteiger partial charge in [-0.15, -0.1) is 0 Å². The molecule has 0 fully saturated rings. The predicted octanol–water partition coefficient (Wildman–Crippen LogP) is 2.80. The van der Waals surface area contributed by atoms with Crippen LogP contribution in [0.2, 0.25) is 0 Å². The topological polar surface area (TPSA) is 105 Å². The number of carbonyl (C=O) groups excluding carboxylic acids is 1. The molecule has 8 nitrogen and oxygen atoms in total. The van der Waals surface area contributed by atoms with Gasteiger partial charge >= 0.3 is 0 Å². The van der Waals surface area contributed by atoms with Crippen LogP contribution in [0.1, 0.15) is 34.5 Å². The Labute approximate surface area is 193 Å². The minimum absolute atomic E-state index is 0.0543. The molecule has 172 valence electrons. The van der Waals surface area contributed by atoms with Crippen LogP contribution in [0.4, 0.5) is 0 Å². The highest BCUT2D eigenvalue weighted by atomic mass is 32.2. The normalized spacial score (nSPS) is 11.8. The quantitative estimate of drug-likeness (QED) is 0.416. The first kappa shape index (κ1) is 22.9. The molecule has 0 unspecified atom stereocenters. The van der Waals surface area contributed by atoms with Crippen LogP contribution in [-0.4, -0.2) is 36.0 Å². The van der Waals surface area contributed by atoms with Crippen molar-refractivity contribution in [2.24, 2.45) is 0 Å². The maximum absolute atomic E-state index is 12.5. The van der Waals surface area contributed by atoms with Crippen LogP contribution in [0.25, 0.3) is 16.6 Å². The van der Waals surface area contributed by atoms with Gasteiger partial charge in [-0.3, -0.25) is 4.79 Å². The van der Waals surface area contributed by atoms with Gasteiger partial charge < -0.3 is 5.32 Å². The third kappa shape index (κ3) is 5.04. The maximum Gasteiger partial charge on any atom is 0.220 e. The first-order valence-electron chi connectivity index (χ1n) is 10.8. The highest BCUT2D eigenvalue weighted by Gasteiger charge is 2.15. The van der Waals surface area contributed by atoms with E-state index in [1.54, 1.807) is 12.1 Å². The molecule has 0 aliphatic heterocycles. The molecule has 0 atom stereocenters. The second kappa shape index (κ2) is 9.29. The van der Waals surface area contributed by atoms with Crippen LogP contribution in [0.3, 0.4) is 0 Å². The summed E-state index contributed by atoms with van der Waals surface area (Å²) in [4.78, 5) is 17.2. The van der Waals surface area contributed by atoms with E-state index in [1.165, 1.54) is 7.05 Å². The fraction of sp³-hybridized carbons (Fsp3) is 0.292. The van der Waals surface area contributed by atoms with Crippen LogP contribution >= 0.6 is 0 Å². The molecule has 0 aliphatic rings. The second-order valence-corrected chi connectivity index (χ2v) is 10.00. The van der Waals surface area contributed by atoms with Crippen LogP contribution < -0.4 is 10.0 Å². The lowest BCUT2D eigenvalue weighted by Crippen LogP contribution is -2.23. The minimum Gasteiger partial charge on any atom is -0.352 e. The average molecular weight is 466 g/mol. The number of carbonyl (C=O) groups is 1. The Morgan fingerprint density at radius 2 is 1.73 bits per heavy atom. The lowest BCUT2D eigenvalue weighted by Gasteiger charge is -2.11. The molecule has 0 spiro atoms. The van der Waals surface area contributed by atoms with Gasteiger partial charge in [0.25, 0.3) is 0 Å². The third-order valence-electron chi connectivity index (χ3n) is 5.80. The summed E-state index contributed by atoms with van der Waals surface area (Å²) in [5.74, 6) is -0.125. The number of benzene rings is 2. The van der Waals surface area contributed by atoms with Gasteiger partial charge in [-0.1, -0.05) is 36.4 Å². The molecule has 0 saturated heterocycles. The van der Waals surface area contributed by atoms with E-state index in [2.05, 4.69) is 15.1 Å². The number of rotatable bonds is 8. The van der Waals surface area contributed by atoms with E-state index in [9.17, 15) is 13.2 Å². The van der Waals surface area contributed by atoms with Gasteiger partial charge in [-0.25, -0.2) is 22.6 Å². The number of hydrogen-bond acceptors (Lipinski definition) is 5. The Hall–Kier alpha value is -3.30. The Balaban J connectivity index is 1.38. The van der Waals surface area contributed by atoms with Crippen molar-refractivity contribution in [3.63, 3.8) is 0 Å². The number of fused-ring (bicyclic) bond motifs is 3. The van der Waals surface area contributed by atoms with E-state index >= 15 is 0 Å². The van der Waals surface area contributed by atoms with Gasteiger partial charge in [0.2, 0.25) is 15.9 Å². The SMILES string of the molecule is CNS(=O)(=O)Cc1ccc(CNC(=O)CCc2c(C)nc3c4ccccc4nn3c2C)cc1. The van der Waals surface area contributed by atoms with Gasteiger partial charge in [0.05, 0.1) is 11.3 Å². The zero-order valence-corrected chi connectivity index (χ0v) is 19.7. The van der Waals surface area contributed by atoms with Crippen molar-refractivity contribution in [3.05, 3.63) is 76.6 Å². The van der Waals surface area contributed by atoms with E-state index in [4.69, 9.17) is 4.98 Å². The van der Waals surface area contributed by atoms with Crippen molar-refractivity contribution in [1.29, 1.82) is 0 Å². The fourth-order valence-electron chi connectivity index (χ4n) is 3.91. The van der Waals surface area contributed by atoms with Crippen molar-refractivity contribution >= 4 is 32.5 Å². The van der Waals surface area contributed by atoms with Gasteiger partial charge in [0.15, 0.2) is 5.65 Å². The molecule has 0 saturated carbocycles. The van der Waals surface area contributed by atoms with E-state index in [-0.39, 0.29) is 11.7 Å². The first-order valence-corrected chi connectivity index (χ1v) is 12.4. The van der Waals surface area contributed by atoms with Crippen molar-refractivity contribution in [2.75, 3.05) is 7.05 Å². The molecule has 4 rings (SSSR count). The monoisotopic (exact) mass is 465 g/mol. The summed E-state index contributed by atoms with van der Waals surface area (Å²) in [6, 6.07) is 15.1. The van der Waals surface area contributed by atoms with Crippen molar-refractivity contribution < 1.29 is 13.2 Å². The smallest absolute Gasteiger partial charge is 0.220 e. The predicted molar refractivity (Wildman–Crippen MR) is 128 cm³/mol. The first-order chi connectivity index (χ1) is 15.8. The van der Waals surface area contributed by atoms with Crippen LogP contribution in [0.15, 0.2) is 48.5 Å². The Bertz CT molecular complexity index is 1430. The number of aromatic nitrogens is 3. The number of amides is 1. The minimum atomic E-state index is -3.30. The molecule has 0 radical (unpaired) electrons. The van der Waals surface area contributed by atoms with Crippen molar-refractivity contribution in [1.82, 2.24) is 24.6 Å². The molecule has 2 N–H and O–H groups in total. The molecule has 2 heterocycles. The van der Waals surface area contributed by atoms with Gasteiger partial charge in [0.1, 0.15) is 0 Å². The van der Waals surface area contributed by atoms with E-state index in [1.807, 2.05) is 54.8 Å². The van der Waals surface area contributed by atoms with Crippen molar-refractivity contribution in [3.8, 4) is 0 Å². The Morgan fingerprint density at radius 3 is 2.45 bits per heavy atom. The van der Waals surface area contributed by atoms with E-state index in [0.717, 1.165) is 39.1 Å². The standard InChI is InChI=1S/C24H27N5O3S/c1-16-20(17(2)29-24(27-16)21-6-4-5-7-22(21)28-29)12-13-23(30)26-14-18-8-10-19(11-9-18)15-33(31,32)25-3/h4-11,25H,12-15H2,1-3H3,(H,26,30). The summed E-state index contributed by atoms with van der Waals surface area (Å²) in [6.45, 7) is 4.37. The molecule has 2 aromatic carbocycles. The third-order valence-corrected chi connectivity index (χ3v) is 7.14. The summed E-state index contributed by atoms with van der Waals surface area (Å²) in [5.41, 5.74) is 6.27. The largest absolute Gasteiger partial charge is 0.352 e. The molecule has 0 aliphatic carbocycles. The summed E-state index contributed by atoms with van der Waals surface area (Å²) < 4.78 is 27.5. The molecule has 33 heavy (non-hydrogen) atoms. The highest BCUT2D eigenvalue weighted by molar-refractivity contribution is 7.88. The summed E-state index contributed by atoms with van der Waals surface area (Å²) in [5, 5.41) is 8.62. The highest BCUT2D eigenvalue weighted by Crippen LogP contribution is 2.23. The van der Waals surface area contributed by atoms with Gasteiger partial charge in [-0.2, -0.15) is 5.10 Å². The summed E-state index contributed by atoms with van der Waals surface area (Å²) >= 11 is 0. The lowest BCUT2D eigenvalue weighted by atomic mass is 10.1.